The van der Waals surface area contributed by atoms with E-state index in [1.54, 1.807) is 49.6 Å². The van der Waals surface area contributed by atoms with Crippen molar-refractivity contribution >= 4 is 17.5 Å². The van der Waals surface area contributed by atoms with E-state index in [2.05, 4.69) is 10.6 Å². The molecular weight excluding hydrogens is 256 g/mol. The summed E-state index contributed by atoms with van der Waals surface area (Å²) in [7, 11) is 0. The number of anilines is 1. The molecule has 2 N–H and O–H groups in total. The molecule has 0 aliphatic carbocycles. The number of carbonyl (C=O) groups excluding carboxylic acids is 2. The number of furan rings is 1. The van der Waals surface area contributed by atoms with Crippen LogP contribution in [0.3, 0.4) is 0 Å². The first kappa shape index (κ1) is 13.9. The lowest BCUT2D eigenvalue weighted by atomic mass is 10.2. The molecule has 2 aromatic rings. The normalized spacial score (nSPS) is 10.1. The Labute approximate surface area is 117 Å². The number of carbonyl (C=O) groups is 2. The van der Waals surface area contributed by atoms with E-state index in [9.17, 15) is 9.59 Å². The van der Waals surface area contributed by atoms with Gasteiger partial charge in [-0.2, -0.15) is 0 Å². The lowest BCUT2D eigenvalue weighted by Crippen LogP contribution is -2.22. The van der Waals surface area contributed by atoms with Crippen LogP contribution in [0.25, 0.3) is 0 Å². The maximum atomic E-state index is 11.9. The third kappa shape index (κ3) is 3.71. The topological polar surface area (TPSA) is 71.3 Å². The van der Waals surface area contributed by atoms with Gasteiger partial charge in [0.05, 0.1) is 12.8 Å². The Morgan fingerprint density at radius 2 is 1.90 bits per heavy atom. The molecule has 20 heavy (non-hydrogen) atoms. The molecule has 1 aromatic carbocycles. The molecular formula is C15H16N2O3. The van der Waals surface area contributed by atoms with E-state index in [4.69, 9.17) is 4.42 Å². The minimum Gasteiger partial charge on any atom is -0.467 e. The van der Waals surface area contributed by atoms with Gasteiger partial charge in [0.2, 0.25) is 5.91 Å². The highest BCUT2D eigenvalue weighted by Crippen LogP contribution is 2.10. The largest absolute Gasteiger partial charge is 0.467 e. The van der Waals surface area contributed by atoms with Gasteiger partial charge < -0.3 is 15.1 Å². The summed E-state index contributed by atoms with van der Waals surface area (Å²) in [6, 6.07) is 10.3. The van der Waals surface area contributed by atoms with Gasteiger partial charge in [0.1, 0.15) is 5.76 Å². The molecule has 0 spiro atoms. The van der Waals surface area contributed by atoms with Crippen molar-refractivity contribution in [3.63, 3.8) is 0 Å². The molecule has 1 heterocycles. The molecule has 2 amide bonds. The van der Waals surface area contributed by atoms with Gasteiger partial charge in [-0.25, -0.2) is 0 Å². The van der Waals surface area contributed by atoms with Crippen LogP contribution in [0.4, 0.5) is 5.69 Å². The summed E-state index contributed by atoms with van der Waals surface area (Å²) < 4.78 is 5.13. The van der Waals surface area contributed by atoms with Gasteiger partial charge in [-0.1, -0.05) is 6.92 Å². The predicted molar refractivity (Wildman–Crippen MR) is 75.2 cm³/mol. The molecule has 0 aliphatic heterocycles. The Hall–Kier alpha value is -2.56. The molecule has 0 atom stereocenters. The highest BCUT2D eigenvalue weighted by atomic mass is 16.3. The smallest absolute Gasteiger partial charge is 0.251 e. The number of rotatable bonds is 5. The van der Waals surface area contributed by atoms with Crippen molar-refractivity contribution in [1.29, 1.82) is 0 Å². The Morgan fingerprint density at radius 3 is 2.50 bits per heavy atom. The fourth-order valence-electron chi connectivity index (χ4n) is 1.64. The standard InChI is InChI=1S/C15H16N2O3/c1-2-14(18)17-12-7-5-11(6-8-12)15(19)16-10-13-4-3-9-20-13/h3-9H,2,10H2,1H3,(H,16,19)(H,17,18). The molecule has 2 rings (SSSR count). The number of hydrogen-bond donors (Lipinski definition) is 2. The highest BCUT2D eigenvalue weighted by molar-refractivity contribution is 5.95. The van der Waals surface area contributed by atoms with Gasteiger partial charge >= 0.3 is 0 Å². The third-order valence-corrected chi connectivity index (χ3v) is 2.76. The van der Waals surface area contributed by atoms with Crippen LogP contribution in [0.1, 0.15) is 29.5 Å². The van der Waals surface area contributed by atoms with Crippen molar-refractivity contribution in [2.24, 2.45) is 0 Å². The second kappa shape index (κ2) is 6.56. The quantitative estimate of drug-likeness (QED) is 0.878. The van der Waals surface area contributed by atoms with Crippen LogP contribution in [0.15, 0.2) is 47.1 Å². The van der Waals surface area contributed by atoms with Crippen LogP contribution in [-0.4, -0.2) is 11.8 Å². The van der Waals surface area contributed by atoms with Gasteiger partial charge in [-0.3, -0.25) is 9.59 Å². The number of hydrogen-bond acceptors (Lipinski definition) is 3. The molecule has 0 saturated carbocycles. The monoisotopic (exact) mass is 272 g/mol. The van der Waals surface area contributed by atoms with E-state index in [0.717, 1.165) is 0 Å². The molecule has 0 bridgehead atoms. The van der Waals surface area contributed by atoms with Crippen molar-refractivity contribution < 1.29 is 14.0 Å². The lowest BCUT2D eigenvalue weighted by molar-refractivity contribution is -0.115. The van der Waals surface area contributed by atoms with Gasteiger partial charge in [0, 0.05) is 17.7 Å². The summed E-state index contributed by atoms with van der Waals surface area (Å²) in [5, 5.41) is 5.48. The number of amides is 2. The van der Waals surface area contributed by atoms with Gasteiger partial charge in [0.15, 0.2) is 0 Å². The van der Waals surface area contributed by atoms with Crippen molar-refractivity contribution in [1.82, 2.24) is 5.32 Å². The maximum Gasteiger partial charge on any atom is 0.251 e. The minimum absolute atomic E-state index is 0.0555. The van der Waals surface area contributed by atoms with Crippen molar-refractivity contribution in [3.8, 4) is 0 Å². The SMILES string of the molecule is CCC(=O)Nc1ccc(C(=O)NCc2ccco2)cc1. The zero-order chi connectivity index (χ0) is 14.4. The molecule has 5 heteroatoms. The van der Waals surface area contributed by atoms with Crippen LogP contribution < -0.4 is 10.6 Å². The molecule has 0 radical (unpaired) electrons. The van der Waals surface area contributed by atoms with E-state index in [1.165, 1.54) is 0 Å². The minimum atomic E-state index is -0.185. The molecule has 0 fully saturated rings. The highest BCUT2D eigenvalue weighted by Gasteiger charge is 2.06. The first-order valence-electron chi connectivity index (χ1n) is 6.39. The first-order valence-corrected chi connectivity index (χ1v) is 6.39. The summed E-state index contributed by atoms with van der Waals surface area (Å²) in [5.41, 5.74) is 1.21. The van der Waals surface area contributed by atoms with Crippen LogP contribution in [-0.2, 0) is 11.3 Å². The second-order valence-corrected chi connectivity index (χ2v) is 4.24. The fraction of sp³-hybridized carbons (Fsp3) is 0.200. The average molecular weight is 272 g/mol. The third-order valence-electron chi connectivity index (χ3n) is 2.76. The Morgan fingerprint density at radius 1 is 1.15 bits per heavy atom. The summed E-state index contributed by atoms with van der Waals surface area (Å²) in [6.45, 7) is 2.13. The number of nitrogens with one attached hydrogen (secondary N) is 2. The van der Waals surface area contributed by atoms with Crippen LogP contribution in [0.5, 0.6) is 0 Å². The van der Waals surface area contributed by atoms with Gasteiger partial charge in [-0.05, 0) is 36.4 Å². The number of benzene rings is 1. The Kier molecular flexibility index (Phi) is 4.55. The molecule has 1 aromatic heterocycles. The van der Waals surface area contributed by atoms with Crippen molar-refractivity contribution in [2.45, 2.75) is 19.9 Å². The van der Waals surface area contributed by atoms with E-state index in [-0.39, 0.29) is 11.8 Å². The second-order valence-electron chi connectivity index (χ2n) is 4.24. The molecule has 104 valence electrons. The van der Waals surface area contributed by atoms with Crippen LogP contribution >= 0.6 is 0 Å². The summed E-state index contributed by atoms with van der Waals surface area (Å²) in [4.78, 5) is 23.1. The lowest BCUT2D eigenvalue weighted by Gasteiger charge is -2.06. The summed E-state index contributed by atoms with van der Waals surface area (Å²) in [6.07, 6.45) is 1.98. The average Bonchev–Trinajstić information content (AvgIpc) is 2.98. The van der Waals surface area contributed by atoms with Crippen LogP contribution in [0, 0.1) is 0 Å². The van der Waals surface area contributed by atoms with E-state index in [0.29, 0.717) is 30.0 Å². The van der Waals surface area contributed by atoms with Crippen molar-refractivity contribution in [3.05, 3.63) is 54.0 Å². The van der Waals surface area contributed by atoms with Crippen molar-refractivity contribution in [2.75, 3.05) is 5.32 Å². The van der Waals surface area contributed by atoms with Gasteiger partial charge in [0.25, 0.3) is 5.91 Å². The molecule has 0 aliphatic rings. The van der Waals surface area contributed by atoms with E-state index >= 15 is 0 Å². The van der Waals surface area contributed by atoms with E-state index in [1.807, 2.05) is 0 Å². The zero-order valence-electron chi connectivity index (χ0n) is 11.2. The predicted octanol–water partition coefficient (Wildman–Crippen LogP) is 2.56. The van der Waals surface area contributed by atoms with Crippen LogP contribution in [0.2, 0.25) is 0 Å². The molecule has 0 saturated heterocycles. The van der Waals surface area contributed by atoms with E-state index < -0.39 is 0 Å². The summed E-state index contributed by atoms with van der Waals surface area (Å²) in [5.74, 6) is 0.458. The summed E-state index contributed by atoms with van der Waals surface area (Å²) >= 11 is 0. The zero-order valence-corrected chi connectivity index (χ0v) is 11.2. The molecule has 0 unspecified atom stereocenters. The first-order chi connectivity index (χ1) is 9.69. The maximum absolute atomic E-state index is 11.9. The Bertz CT molecular complexity index is 574. The fourth-order valence-corrected chi connectivity index (χ4v) is 1.64. The van der Waals surface area contributed by atoms with Gasteiger partial charge in [-0.15, -0.1) is 0 Å². The molecule has 5 nitrogen and oxygen atoms in total. The Balaban J connectivity index is 1.91.